The van der Waals surface area contributed by atoms with Crippen molar-refractivity contribution < 1.29 is 13.2 Å². The van der Waals surface area contributed by atoms with E-state index in [2.05, 4.69) is 27.6 Å². The van der Waals surface area contributed by atoms with Gasteiger partial charge in [0, 0.05) is 12.7 Å². The molecule has 0 aliphatic rings. The van der Waals surface area contributed by atoms with Crippen LogP contribution in [0.1, 0.15) is 11.1 Å². The molecular weight excluding hydrogens is 344 g/mol. The summed E-state index contributed by atoms with van der Waals surface area (Å²) < 4.78 is 40.0. The van der Waals surface area contributed by atoms with Crippen LogP contribution < -0.4 is 0 Å². The zero-order chi connectivity index (χ0) is 12.5. The lowest BCUT2D eigenvalue weighted by molar-refractivity contribution is -0.137. The summed E-state index contributed by atoms with van der Waals surface area (Å²) in [6, 6.07) is 5.32. The highest BCUT2D eigenvalue weighted by Gasteiger charge is 2.30. The van der Waals surface area contributed by atoms with Gasteiger partial charge in [-0.1, -0.05) is 12.1 Å². The molecule has 0 N–H and O–H groups in total. The van der Waals surface area contributed by atoms with Gasteiger partial charge in [0.1, 0.15) is 3.70 Å². The van der Waals surface area contributed by atoms with E-state index in [0.717, 1.165) is 15.8 Å². The second kappa shape index (κ2) is 4.67. The van der Waals surface area contributed by atoms with E-state index >= 15 is 0 Å². The van der Waals surface area contributed by atoms with E-state index in [1.54, 1.807) is 23.2 Å². The van der Waals surface area contributed by atoms with Crippen molar-refractivity contribution in [3.63, 3.8) is 0 Å². The minimum Gasteiger partial charge on any atom is -0.332 e. The van der Waals surface area contributed by atoms with Gasteiger partial charge in [0.15, 0.2) is 0 Å². The highest BCUT2D eigenvalue weighted by atomic mass is 127. The van der Waals surface area contributed by atoms with E-state index < -0.39 is 11.7 Å². The second-order valence-electron chi connectivity index (χ2n) is 3.57. The minimum atomic E-state index is -4.29. The standard InChI is InChI=1S/C11H8F3IN2/c12-11(13,14)9-3-1-2-8(4-9)5-17-6-10(15)16-7-17/h1-4,6-7H,5H2. The predicted molar refractivity (Wildman–Crippen MR) is 65.5 cm³/mol. The third-order valence-electron chi connectivity index (χ3n) is 2.22. The monoisotopic (exact) mass is 352 g/mol. The van der Waals surface area contributed by atoms with Crippen molar-refractivity contribution in [1.82, 2.24) is 9.55 Å². The van der Waals surface area contributed by atoms with Crippen molar-refractivity contribution >= 4 is 22.6 Å². The lowest BCUT2D eigenvalue weighted by Crippen LogP contribution is -2.06. The van der Waals surface area contributed by atoms with Crippen molar-refractivity contribution in [2.45, 2.75) is 12.7 Å². The first-order valence-corrected chi connectivity index (χ1v) is 5.86. The number of halogens is 4. The molecule has 1 aromatic carbocycles. The number of hydrogen-bond donors (Lipinski definition) is 0. The van der Waals surface area contributed by atoms with Crippen LogP contribution >= 0.6 is 22.6 Å². The summed E-state index contributed by atoms with van der Waals surface area (Å²) in [4.78, 5) is 4.01. The molecule has 0 radical (unpaired) electrons. The Morgan fingerprint density at radius 1 is 1.29 bits per heavy atom. The Bertz CT molecular complexity index is 519. The second-order valence-corrected chi connectivity index (χ2v) is 4.67. The smallest absolute Gasteiger partial charge is 0.332 e. The molecule has 0 atom stereocenters. The molecular formula is C11H8F3IN2. The fourth-order valence-corrected chi connectivity index (χ4v) is 1.96. The van der Waals surface area contributed by atoms with Gasteiger partial charge in [-0.25, -0.2) is 4.98 Å². The van der Waals surface area contributed by atoms with E-state index in [9.17, 15) is 13.2 Å². The summed E-state index contributed by atoms with van der Waals surface area (Å²) in [7, 11) is 0. The fraction of sp³-hybridized carbons (Fsp3) is 0.182. The summed E-state index contributed by atoms with van der Waals surface area (Å²) >= 11 is 2.05. The summed E-state index contributed by atoms with van der Waals surface area (Å²) in [5.41, 5.74) is -0.0153. The SMILES string of the molecule is FC(F)(F)c1cccc(Cn2cnc(I)c2)c1. The summed E-state index contributed by atoms with van der Waals surface area (Å²) in [5.74, 6) is 0. The molecule has 2 aromatic rings. The van der Waals surface area contributed by atoms with E-state index in [1.807, 2.05) is 0 Å². The van der Waals surface area contributed by atoms with E-state index in [-0.39, 0.29) is 0 Å². The number of nitrogens with zero attached hydrogens (tertiary/aromatic N) is 2. The number of rotatable bonds is 2. The molecule has 0 spiro atoms. The molecule has 1 heterocycles. The van der Waals surface area contributed by atoms with E-state index in [1.165, 1.54) is 6.07 Å². The first-order chi connectivity index (χ1) is 7.95. The Labute approximate surface area is 110 Å². The van der Waals surface area contributed by atoms with Gasteiger partial charge in [-0.2, -0.15) is 13.2 Å². The fourth-order valence-electron chi connectivity index (χ4n) is 1.48. The minimum absolute atomic E-state index is 0.389. The van der Waals surface area contributed by atoms with Crippen molar-refractivity contribution in [3.8, 4) is 0 Å². The van der Waals surface area contributed by atoms with Crippen molar-refractivity contribution in [3.05, 3.63) is 51.6 Å². The number of benzene rings is 1. The summed E-state index contributed by atoms with van der Waals surface area (Å²) in [5, 5.41) is 0. The summed E-state index contributed by atoms with van der Waals surface area (Å²) in [6.45, 7) is 0.389. The number of imidazole rings is 1. The first kappa shape index (κ1) is 12.4. The predicted octanol–water partition coefficient (Wildman–Crippen LogP) is 3.55. The normalized spacial score (nSPS) is 11.8. The molecule has 2 nitrogen and oxygen atoms in total. The zero-order valence-electron chi connectivity index (χ0n) is 8.58. The van der Waals surface area contributed by atoms with Crippen LogP contribution in [-0.4, -0.2) is 9.55 Å². The van der Waals surface area contributed by atoms with Crippen LogP contribution in [0.25, 0.3) is 0 Å². The van der Waals surface area contributed by atoms with Gasteiger partial charge in [-0.15, -0.1) is 0 Å². The average Bonchev–Trinajstić information content (AvgIpc) is 2.63. The summed E-state index contributed by atoms with van der Waals surface area (Å²) in [6.07, 6.45) is -0.914. The van der Waals surface area contributed by atoms with E-state index in [4.69, 9.17) is 0 Å². The van der Waals surface area contributed by atoms with Gasteiger partial charge < -0.3 is 4.57 Å². The van der Waals surface area contributed by atoms with Gasteiger partial charge >= 0.3 is 6.18 Å². The Kier molecular flexibility index (Phi) is 3.41. The lowest BCUT2D eigenvalue weighted by atomic mass is 10.1. The number of hydrogen-bond acceptors (Lipinski definition) is 1. The number of aromatic nitrogens is 2. The molecule has 0 aliphatic carbocycles. The van der Waals surface area contributed by atoms with Gasteiger partial charge in [0.05, 0.1) is 11.9 Å². The molecule has 0 unspecified atom stereocenters. The van der Waals surface area contributed by atoms with Gasteiger partial charge in [0.2, 0.25) is 0 Å². The van der Waals surface area contributed by atoms with Crippen LogP contribution in [0, 0.1) is 3.70 Å². The number of alkyl halides is 3. The zero-order valence-corrected chi connectivity index (χ0v) is 10.7. The third kappa shape index (κ3) is 3.21. The highest BCUT2D eigenvalue weighted by Crippen LogP contribution is 2.29. The molecule has 6 heteroatoms. The molecule has 17 heavy (non-hydrogen) atoms. The molecule has 0 fully saturated rings. The quantitative estimate of drug-likeness (QED) is 0.756. The van der Waals surface area contributed by atoms with Crippen molar-refractivity contribution in [2.75, 3.05) is 0 Å². The molecule has 90 valence electrons. The Morgan fingerprint density at radius 3 is 2.65 bits per heavy atom. The van der Waals surface area contributed by atoms with Gasteiger partial charge in [-0.05, 0) is 40.3 Å². The first-order valence-electron chi connectivity index (χ1n) is 4.78. The van der Waals surface area contributed by atoms with E-state index in [0.29, 0.717) is 12.1 Å². The maximum absolute atomic E-state index is 12.5. The maximum Gasteiger partial charge on any atom is 0.416 e. The van der Waals surface area contributed by atoms with Crippen LogP contribution in [-0.2, 0) is 12.7 Å². The van der Waals surface area contributed by atoms with Gasteiger partial charge in [0.25, 0.3) is 0 Å². The van der Waals surface area contributed by atoms with Gasteiger partial charge in [-0.3, -0.25) is 0 Å². The average molecular weight is 352 g/mol. The van der Waals surface area contributed by atoms with Crippen molar-refractivity contribution in [2.24, 2.45) is 0 Å². The van der Waals surface area contributed by atoms with Crippen LogP contribution in [0.4, 0.5) is 13.2 Å². The molecule has 1 aromatic heterocycles. The Hall–Kier alpha value is -1.05. The lowest BCUT2D eigenvalue weighted by Gasteiger charge is -2.08. The molecule has 0 saturated carbocycles. The topological polar surface area (TPSA) is 17.8 Å². The third-order valence-corrected chi connectivity index (χ3v) is 2.78. The van der Waals surface area contributed by atoms with Crippen LogP contribution in [0.15, 0.2) is 36.8 Å². The molecule has 0 aliphatic heterocycles. The van der Waals surface area contributed by atoms with Crippen molar-refractivity contribution in [1.29, 1.82) is 0 Å². The molecule has 0 bridgehead atoms. The maximum atomic E-state index is 12.5. The molecule has 2 rings (SSSR count). The van der Waals surface area contributed by atoms with Crippen LogP contribution in [0.3, 0.4) is 0 Å². The highest BCUT2D eigenvalue weighted by molar-refractivity contribution is 14.1. The molecule has 0 saturated heterocycles. The van der Waals surface area contributed by atoms with Crippen LogP contribution in [0.5, 0.6) is 0 Å². The van der Waals surface area contributed by atoms with Crippen LogP contribution in [0.2, 0.25) is 0 Å². The Morgan fingerprint density at radius 2 is 2.06 bits per heavy atom. The Balaban J connectivity index is 2.22. The molecule has 0 amide bonds. The largest absolute Gasteiger partial charge is 0.416 e.